The van der Waals surface area contributed by atoms with Gasteiger partial charge in [-0.1, -0.05) is 6.08 Å². The van der Waals surface area contributed by atoms with E-state index in [1.54, 1.807) is 0 Å². The Morgan fingerprint density at radius 1 is 1.25 bits per heavy atom. The maximum Gasteiger partial charge on any atom is 0.331 e. The molecule has 112 valence electrons. The largest absolute Gasteiger partial charge is 0.478 e. The second kappa shape index (κ2) is 6.24. The van der Waals surface area contributed by atoms with Crippen molar-refractivity contribution in [3.63, 3.8) is 0 Å². The van der Waals surface area contributed by atoms with E-state index in [9.17, 15) is 9.90 Å². The smallest absolute Gasteiger partial charge is 0.331 e. The summed E-state index contributed by atoms with van der Waals surface area (Å²) in [5.41, 5.74) is 0.662. The maximum absolute atomic E-state index is 11.3. The quantitative estimate of drug-likeness (QED) is 0.826. The Labute approximate surface area is 120 Å². The van der Waals surface area contributed by atoms with Crippen molar-refractivity contribution in [1.29, 1.82) is 0 Å². The lowest BCUT2D eigenvalue weighted by molar-refractivity contribution is -0.133. The fourth-order valence-electron chi connectivity index (χ4n) is 3.84. The van der Waals surface area contributed by atoms with Crippen LogP contribution >= 0.6 is 0 Å². The van der Waals surface area contributed by atoms with Crippen LogP contribution in [-0.2, 0) is 9.53 Å². The molecule has 0 aromatic heterocycles. The van der Waals surface area contributed by atoms with Gasteiger partial charge in [-0.15, -0.1) is 0 Å². The number of hydrogen-bond acceptors (Lipinski definition) is 4. The minimum atomic E-state index is -0.713. The Bertz CT molecular complexity index is 391. The van der Waals surface area contributed by atoms with Crippen LogP contribution in [0.5, 0.6) is 0 Å². The minimum Gasteiger partial charge on any atom is -0.478 e. The predicted molar refractivity (Wildman–Crippen MR) is 75.7 cm³/mol. The molecule has 2 fully saturated rings. The third-order valence-electron chi connectivity index (χ3n) is 4.94. The average molecular weight is 280 g/mol. The van der Waals surface area contributed by atoms with Crippen LogP contribution in [0, 0.1) is 5.92 Å². The van der Waals surface area contributed by atoms with Crippen LogP contribution in [0.25, 0.3) is 0 Å². The number of allylic oxidation sites excluding steroid dienone is 1. The summed E-state index contributed by atoms with van der Waals surface area (Å²) < 4.78 is 5.37. The SMILES string of the molecule is O=C(O)C1=CCCC2C1CCN2CCN1CCOCC1. The lowest BCUT2D eigenvalue weighted by Crippen LogP contribution is -2.44. The van der Waals surface area contributed by atoms with Crippen molar-refractivity contribution in [2.24, 2.45) is 5.92 Å². The lowest BCUT2D eigenvalue weighted by Gasteiger charge is -2.33. The summed E-state index contributed by atoms with van der Waals surface area (Å²) in [5.74, 6) is -0.458. The first-order chi connectivity index (χ1) is 9.75. The third kappa shape index (κ3) is 2.90. The molecule has 2 saturated heterocycles. The van der Waals surface area contributed by atoms with Crippen molar-refractivity contribution < 1.29 is 14.6 Å². The zero-order valence-electron chi connectivity index (χ0n) is 12.0. The first-order valence-corrected chi connectivity index (χ1v) is 7.73. The number of likely N-dealkylation sites (tertiary alicyclic amines) is 1. The molecule has 0 amide bonds. The van der Waals surface area contributed by atoms with Gasteiger partial charge in [0.1, 0.15) is 0 Å². The molecule has 1 aliphatic carbocycles. The second-order valence-corrected chi connectivity index (χ2v) is 5.99. The van der Waals surface area contributed by atoms with Gasteiger partial charge in [0.15, 0.2) is 0 Å². The molecule has 1 N–H and O–H groups in total. The number of fused-ring (bicyclic) bond motifs is 1. The molecule has 2 heterocycles. The predicted octanol–water partition coefficient (Wildman–Crippen LogP) is 0.814. The number of morpholine rings is 1. The van der Waals surface area contributed by atoms with E-state index in [2.05, 4.69) is 9.80 Å². The molecule has 3 aliphatic rings. The van der Waals surface area contributed by atoms with E-state index in [0.717, 1.165) is 65.2 Å². The van der Waals surface area contributed by atoms with E-state index in [1.165, 1.54) is 0 Å². The van der Waals surface area contributed by atoms with Gasteiger partial charge < -0.3 is 9.84 Å². The van der Waals surface area contributed by atoms with Crippen molar-refractivity contribution in [3.8, 4) is 0 Å². The number of hydrogen-bond donors (Lipinski definition) is 1. The molecular formula is C15H24N2O3. The second-order valence-electron chi connectivity index (χ2n) is 5.99. The van der Waals surface area contributed by atoms with Gasteiger partial charge in [0.2, 0.25) is 0 Å². The van der Waals surface area contributed by atoms with E-state index in [0.29, 0.717) is 11.6 Å². The molecule has 2 atom stereocenters. The topological polar surface area (TPSA) is 53.0 Å². The van der Waals surface area contributed by atoms with E-state index < -0.39 is 5.97 Å². The summed E-state index contributed by atoms with van der Waals surface area (Å²) in [5, 5.41) is 9.30. The van der Waals surface area contributed by atoms with Crippen LogP contribution in [0.3, 0.4) is 0 Å². The molecule has 2 unspecified atom stereocenters. The summed E-state index contributed by atoms with van der Waals surface area (Å²) in [6.45, 7) is 6.94. The first-order valence-electron chi connectivity index (χ1n) is 7.73. The van der Waals surface area contributed by atoms with Gasteiger partial charge in [-0.25, -0.2) is 4.79 Å². The highest BCUT2D eigenvalue weighted by molar-refractivity contribution is 5.87. The summed E-state index contributed by atoms with van der Waals surface area (Å²) in [6.07, 6.45) is 4.97. The molecule has 0 radical (unpaired) electrons. The van der Waals surface area contributed by atoms with Crippen molar-refractivity contribution in [1.82, 2.24) is 9.80 Å². The van der Waals surface area contributed by atoms with Crippen LogP contribution in [0.15, 0.2) is 11.6 Å². The molecule has 20 heavy (non-hydrogen) atoms. The Balaban J connectivity index is 1.54. The molecule has 0 saturated carbocycles. The van der Waals surface area contributed by atoms with Gasteiger partial charge in [-0.3, -0.25) is 9.80 Å². The van der Waals surface area contributed by atoms with Crippen LogP contribution in [0.4, 0.5) is 0 Å². The summed E-state index contributed by atoms with van der Waals surface area (Å²) >= 11 is 0. The van der Waals surface area contributed by atoms with Gasteiger partial charge in [0, 0.05) is 43.7 Å². The fourth-order valence-corrected chi connectivity index (χ4v) is 3.84. The highest BCUT2D eigenvalue weighted by atomic mass is 16.5. The van der Waals surface area contributed by atoms with Crippen LogP contribution in [-0.4, -0.2) is 72.9 Å². The fraction of sp³-hybridized carbons (Fsp3) is 0.800. The molecule has 0 aromatic rings. The van der Waals surface area contributed by atoms with Crippen molar-refractivity contribution in [3.05, 3.63) is 11.6 Å². The van der Waals surface area contributed by atoms with Crippen molar-refractivity contribution >= 4 is 5.97 Å². The van der Waals surface area contributed by atoms with Crippen molar-refractivity contribution in [2.75, 3.05) is 45.9 Å². The molecule has 3 rings (SSSR count). The zero-order chi connectivity index (χ0) is 13.9. The molecule has 0 bridgehead atoms. The molecular weight excluding hydrogens is 256 g/mol. The number of ether oxygens (including phenoxy) is 1. The van der Waals surface area contributed by atoms with Gasteiger partial charge in [0.25, 0.3) is 0 Å². The number of carboxylic acid groups (broad SMARTS) is 1. The number of carboxylic acids is 1. The van der Waals surface area contributed by atoms with Crippen LogP contribution in [0.1, 0.15) is 19.3 Å². The summed E-state index contributed by atoms with van der Waals surface area (Å²) in [4.78, 5) is 16.3. The van der Waals surface area contributed by atoms with E-state index in [-0.39, 0.29) is 5.92 Å². The van der Waals surface area contributed by atoms with E-state index in [4.69, 9.17) is 4.74 Å². The first kappa shape index (κ1) is 14.0. The third-order valence-corrected chi connectivity index (χ3v) is 4.94. The van der Waals surface area contributed by atoms with E-state index in [1.807, 2.05) is 6.08 Å². The van der Waals surface area contributed by atoms with Crippen molar-refractivity contribution in [2.45, 2.75) is 25.3 Å². The van der Waals surface area contributed by atoms with Crippen LogP contribution in [0.2, 0.25) is 0 Å². The molecule has 5 heteroatoms. The molecule has 5 nitrogen and oxygen atoms in total. The number of nitrogens with zero attached hydrogens (tertiary/aromatic N) is 2. The minimum absolute atomic E-state index is 0.255. The van der Waals surface area contributed by atoms with E-state index >= 15 is 0 Å². The standard InChI is InChI=1S/C15H24N2O3/c18-15(19)13-2-1-3-14-12(13)4-5-17(14)7-6-16-8-10-20-11-9-16/h2,12,14H,1,3-11H2,(H,18,19). The number of aliphatic carboxylic acids is 1. The molecule has 2 aliphatic heterocycles. The highest BCUT2D eigenvalue weighted by Gasteiger charge is 2.39. The van der Waals surface area contributed by atoms with Gasteiger partial charge in [-0.2, -0.15) is 0 Å². The normalized spacial score (nSPS) is 31.9. The average Bonchev–Trinajstić information content (AvgIpc) is 2.89. The Hall–Kier alpha value is -0.910. The Morgan fingerprint density at radius 3 is 2.80 bits per heavy atom. The van der Waals surface area contributed by atoms with Gasteiger partial charge in [-0.05, 0) is 25.8 Å². The van der Waals surface area contributed by atoms with Crippen LogP contribution < -0.4 is 0 Å². The molecule has 0 aromatic carbocycles. The Kier molecular flexibility index (Phi) is 4.38. The number of rotatable bonds is 4. The highest BCUT2D eigenvalue weighted by Crippen LogP contribution is 2.36. The summed E-state index contributed by atoms with van der Waals surface area (Å²) in [7, 11) is 0. The van der Waals surface area contributed by atoms with Gasteiger partial charge >= 0.3 is 5.97 Å². The number of carbonyl (C=O) groups is 1. The monoisotopic (exact) mass is 280 g/mol. The Morgan fingerprint density at radius 2 is 2.05 bits per heavy atom. The summed E-state index contributed by atoms with van der Waals surface area (Å²) in [6, 6.07) is 0.451. The van der Waals surface area contributed by atoms with Gasteiger partial charge in [0.05, 0.1) is 13.2 Å². The maximum atomic E-state index is 11.3. The zero-order valence-corrected chi connectivity index (χ0v) is 12.0. The lowest BCUT2D eigenvalue weighted by atomic mass is 9.84. The molecule has 0 spiro atoms.